The highest BCUT2D eigenvalue weighted by Crippen LogP contribution is 2.31. The number of nitrogens with zero attached hydrogens (tertiary/aromatic N) is 4. The van der Waals surface area contributed by atoms with Crippen LogP contribution in [0, 0.1) is 0 Å². The van der Waals surface area contributed by atoms with E-state index in [0.717, 1.165) is 0 Å². The van der Waals surface area contributed by atoms with E-state index < -0.39 is 30.6 Å². The van der Waals surface area contributed by atoms with E-state index >= 15 is 0 Å². The molecule has 3 rings (SSSR count). The Kier molecular flexibility index (Phi) is 3.98. The number of alkyl carbamates (subject to hydrolysis) is 1. The molecular formula is C12H16N6O5. The number of nitrogens with two attached hydrogens (primary N) is 1. The predicted molar refractivity (Wildman–Crippen MR) is 76.1 cm³/mol. The minimum Gasteiger partial charge on any atom is -0.453 e. The minimum atomic E-state index is -1.23. The summed E-state index contributed by atoms with van der Waals surface area (Å²) in [6.45, 7) is -0.0227. The van der Waals surface area contributed by atoms with Gasteiger partial charge in [-0.1, -0.05) is 0 Å². The lowest BCUT2D eigenvalue weighted by Gasteiger charge is -2.16. The van der Waals surface area contributed by atoms with E-state index in [1.807, 2.05) is 0 Å². The Labute approximate surface area is 130 Å². The summed E-state index contributed by atoms with van der Waals surface area (Å²) in [4.78, 5) is 23.1. The molecule has 11 heteroatoms. The first-order valence-corrected chi connectivity index (χ1v) is 6.79. The summed E-state index contributed by atoms with van der Waals surface area (Å²) in [6.07, 6.45) is -2.16. The van der Waals surface area contributed by atoms with Crippen molar-refractivity contribution in [1.29, 1.82) is 0 Å². The van der Waals surface area contributed by atoms with Gasteiger partial charge in [-0.3, -0.25) is 4.57 Å². The normalized spacial score (nSPS) is 27.3. The van der Waals surface area contributed by atoms with Gasteiger partial charge >= 0.3 is 6.09 Å². The molecule has 2 aromatic heterocycles. The molecule has 11 nitrogen and oxygen atoms in total. The zero-order chi connectivity index (χ0) is 16.6. The monoisotopic (exact) mass is 324 g/mol. The lowest BCUT2D eigenvalue weighted by molar-refractivity contribution is -0.0339. The zero-order valence-electron chi connectivity index (χ0n) is 12.2. The number of imidazole rings is 1. The van der Waals surface area contributed by atoms with Crippen LogP contribution in [0.1, 0.15) is 6.23 Å². The lowest BCUT2D eigenvalue weighted by atomic mass is 10.1. The van der Waals surface area contributed by atoms with Crippen molar-refractivity contribution in [2.45, 2.75) is 24.5 Å². The minimum absolute atomic E-state index is 0.0227. The Hall–Kier alpha value is -2.50. The van der Waals surface area contributed by atoms with Gasteiger partial charge in [0.2, 0.25) is 0 Å². The van der Waals surface area contributed by atoms with Gasteiger partial charge in [-0.05, 0) is 0 Å². The Morgan fingerprint density at radius 1 is 1.43 bits per heavy atom. The summed E-state index contributed by atoms with van der Waals surface area (Å²) >= 11 is 0. The van der Waals surface area contributed by atoms with Gasteiger partial charge in [0.25, 0.3) is 0 Å². The molecule has 124 valence electrons. The van der Waals surface area contributed by atoms with Crippen LogP contribution in [0.25, 0.3) is 11.2 Å². The number of rotatable bonds is 3. The first kappa shape index (κ1) is 15.4. The number of anilines is 1. The molecule has 5 N–H and O–H groups in total. The maximum Gasteiger partial charge on any atom is 0.406 e. The Bertz CT molecular complexity index is 721. The predicted octanol–water partition coefficient (Wildman–Crippen LogP) is -1.62. The second-order valence-corrected chi connectivity index (χ2v) is 5.00. The highest BCUT2D eigenvalue weighted by atomic mass is 16.6. The van der Waals surface area contributed by atoms with Crippen LogP contribution in [0.2, 0.25) is 0 Å². The van der Waals surface area contributed by atoms with E-state index in [2.05, 4.69) is 25.0 Å². The largest absolute Gasteiger partial charge is 0.453 e. The number of fused-ring (bicyclic) bond motifs is 1. The molecule has 0 bridgehead atoms. The van der Waals surface area contributed by atoms with E-state index in [9.17, 15) is 15.0 Å². The molecule has 1 fully saturated rings. The van der Waals surface area contributed by atoms with Gasteiger partial charge in [0.1, 0.15) is 30.2 Å². The molecule has 2 aromatic rings. The van der Waals surface area contributed by atoms with Crippen molar-refractivity contribution in [3.63, 3.8) is 0 Å². The summed E-state index contributed by atoms with van der Waals surface area (Å²) in [6, 6.07) is 0. The first-order valence-electron chi connectivity index (χ1n) is 6.79. The highest BCUT2D eigenvalue weighted by Gasteiger charge is 2.44. The molecule has 1 aliphatic rings. The van der Waals surface area contributed by atoms with E-state index in [4.69, 9.17) is 10.5 Å². The third kappa shape index (κ3) is 2.65. The van der Waals surface area contributed by atoms with Crippen molar-refractivity contribution in [3.05, 3.63) is 12.7 Å². The van der Waals surface area contributed by atoms with Crippen LogP contribution in [-0.4, -0.2) is 67.8 Å². The van der Waals surface area contributed by atoms with E-state index in [1.54, 1.807) is 0 Å². The molecular weight excluding hydrogens is 308 g/mol. The van der Waals surface area contributed by atoms with Crippen molar-refractivity contribution in [1.82, 2.24) is 24.8 Å². The molecule has 4 unspecified atom stereocenters. The van der Waals surface area contributed by atoms with Gasteiger partial charge in [-0.15, -0.1) is 0 Å². The van der Waals surface area contributed by atoms with Gasteiger partial charge in [-0.2, -0.15) is 0 Å². The molecule has 0 spiro atoms. The standard InChI is InChI=1S/C12H16N6O5/c1-22-12(21)14-2-5-7(19)8(20)11(23-5)18-4-17-6-9(13)15-3-16-10(6)18/h3-5,7-8,11,19-20H,2H2,1H3,(H,14,21)(H2,13,15,16). The van der Waals surface area contributed by atoms with Crippen LogP contribution in [0.3, 0.4) is 0 Å². The third-order valence-corrected chi connectivity index (χ3v) is 3.63. The van der Waals surface area contributed by atoms with Crippen molar-refractivity contribution in [2.24, 2.45) is 0 Å². The van der Waals surface area contributed by atoms with E-state index in [0.29, 0.717) is 11.2 Å². The summed E-state index contributed by atoms with van der Waals surface area (Å²) in [5.41, 5.74) is 6.45. The Morgan fingerprint density at radius 3 is 2.96 bits per heavy atom. The lowest BCUT2D eigenvalue weighted by Crippen LogP contribution is -2.39. The summed E-state index contributed by atoms with van der Waals surface area (Å²) in [7, 11) is 1.22. The van der Waals surface area contributed by atoms with Crippen molar-refractivity contribution in [2.75, 3.05) is 19.4 Å². The maximum absolute atomic E-state index is 11.1. The molecule has 0 radical (unpaired) electrons. The number of methoxy groups -OCH3 is 1. The third-order valence-electron chi connectivity index (χ3n) is 3.63. The molecule has 0 aliphatic carbocycles. The molecule has 23 heavy (non-hydrogen) atoms. The average molecular weight is 324 g/mol. The van der Waals surface area contributed by atoms with Crippen molar-refractivity contribution in [3.8, 4) is 0 Å². The second kappa shape index (κ2) is 5.95. The maximum atomic E-state index is 11.1. The number of carbonyl (C=O) groups is 1. The first-order chi connectivity index (χ1) is 11.0. The molecule has 1 amide bonds. The number of hydrogen-bond donors (Lipinski definition) is 4. The molecule has 0 saturated carbocycles. The van der Waals surface area contributed by atoms with Crippen LogP contribution < -0.4 is 11.1 Å². The second-order valence-electron chi connectivity index (χ2n) is 5.00. The Balaban J connectivity index is 1.82. The number of nitrogen functional groups attached to an aromatic ring is 1. The number of nitrogens with one attached hydrogen (secondary N) is 1. The molecule has 1 saturated heterocycles. The number of carbonyl (C=O) groups excluding carboxylic acids is 1. The van der Waals surface area contributed by atoms with Crippen LogP contribution in [0.4, 0.5) is 10.6 Å². The molecule has 3 heterocycles. The number of aromatic nitrogens is 4. The van der Waals surface area contributed by atoms with Crippen LogP contribution in [-0.2, 0) is 9.47 Å². The fraction of sp³-hybridized carbons (Fsp3) is 0.500. The number of hydrogen-bond acceptors (Lipinski definition) is 9. The average Bonchev–Trinajstić information content (AvgIpc) is 3.09. The molecule has 4 atom stereocenters. The van der Waals surface area contributed by atoms with Gasteiger partial charge in [0.15, 0.2) is 17.7 Å². The van der Waals surface area contributed by atoms with E-state index in [-0.39, 0.29) is 12.4 Å². The molecule has 0 aromatic carbocycles. The summed E-state index contributed by atoms with van der Waals surface area (Å²) in [5.74, 6) is 0.200. The number of aliphatic hydroxyl groups excluding tert-OH is 2. The molecule has 1 aliphatic heterocycles. The number of amides is 1. The number of ether oxygens (including phenoxy) is 2. The van der Waals surface area contributed by atoms with Crippen molar-refractivity contribution < 1.29 is 24.5 Å². The van der Waals surface area contributed by atoms with Gasteiger partial charge < -0.3 is 30.7 Å². The van der Waals surface area contributed by atoms with Crippen LogP contribution >= 0.6 is 0 Å². The van der Waals surface area contributed by atoms with Gasteiger partial charge in [-0.25, -0.2) is 19.7 Å². The van der Waals surface area contributed by atoms with Gasteiger partial charge in [0.05, 0.1) is 13.4 Å². The van der Waals surface area contributed by atoms with Crippen LogP contribution in [0.5, 0.6) is 0 Å². The summed E-state index contributed by atoms with van der Waals surface area (Å²) < 4.78 is 11.5. The fourth-order valence-corrected chi connectivity index (χ4v) is 2.44. The highest BCUT2D eigenvalue weighted by molar-refractivity contribution is 5.81. The topological polar surface area (TPSA) is 158 Å². The number of aliphatic hydroxyl groups is 2. The smallest absolute Gasteiger partial charge is 0.406 e. The van der Waals surface area contributed by atoms with Gasteiger partial charge in [0, 0.05) is 6.54 Å². The Morgan fingerprint density at radius 2 is 2.22 bits per heavy atom. The fourth-order valence-electron chi connectivity index (χ4n) is 2.44. The summed E-state index contributed by atoms with van der Waals surface area (Å²) in [5, 5.41) is 22.7. The van der Waals surface area contributed by atoms with Crippen LogP contribution in [0.15, 0.2) is 12.7 Å². The SMILES string of the molecule is COC(=O)NCC1OC(n2cnc3c(N)ncnc32)C(O)C1O. The quantitative estimate of drug-likeness (QED) is 0.521. The van der Waals surface area contributed by atoms with E-state index in [1.165, 1.54) is 24.3 Å². The zero-order valence-corrected chi connectivity index (χ0v) is 12.2. The van der Waals surface area contributed by atoms with Crippen molar-refractivity contribution >= 4 is 23.1 Å².